The van der Waals surface area contributed by atoms with Crippen LogP contribution in [0, 0.1) is 6.92 Å². The number of nitrogens with two attached hydrogens (primary N) is 1. The highest BCUT2D eigenvalue weighted by molar-refractivity contribution is 7.80. The van der Waals surface area contributed by atoms with Crippen LogP contribution in [0.2, 0.25) is 0 Å². The van der Waals surface area contributed by atoms with Crippen LogP contribution in [0.25, 0.3) is 0 Å². The summed E-state index contributed by atoms with van der Waals surface area (Å²) in [5.41, 5.74) is 6.80. The Bertz CT molecular complexity index is 602. The Balaban J connectivity index is 1.98. The number of thiocarbonyl (C=S) groups is 1. The molecule has 0 unspecified atom stereocenters. The van der Waals surface area contributed by atoms with E-state index in [0.717, 1.165) is 17.1 Å². The number of rotatable bonds is 4. The molecule has 0 aliphatic heterocycles. The molecule has 1 amide bonds. The van der Waals surface area contributed by atoms with E-state index in [9.17, 15) is 4.79 Å². The Kier molecular flexibility index (Phi) is 3.97. The maximum Gasteiger partial charge on any atom is 0.251 e. The molecule has 0 saturated heterocycles. The van der Waals surface area contributed by atoms with Crippen LogP contribution in [0.5, 0.6) is 0 Å². The van der Waals surface area contributed by atoms with Gasteiger partial charge in [0.1, 0.15) is 16.5 Å². The third-order valence-corrected chi connectivity index (χ3v) is 2.89. The average Bonchev–Trinajstić information content (AvgIpc) is 2.82. The fraction of sp³-hybridized carbons (Fsp3) is 0.143. The van der Waals surface area contributed by atoms with Gasteiger partial charge in [0.2, 0.25) is 0 Å². The highest BCUT2D eigenvalue weighted by Crippen LogP contribution is 2.07. The first-order chi connectivity index (χ1) is 9.06. The van der Waals surface area contributed by atoms with E-state index in [1.807, 2.05) is 19.1 Å². The van der Waals surface area contributed by atoms with Gasteiger partial charge in [0, 0.05) is 11.1 Å². The Hall–Kier alpha value is -2.14. The van der Waals surface area contributed by atoms with Crippen molar-refractivity contribution in [3.63, 3.8) is 0 Å². The number of amides is 1. The molecule has 5 heteroatoms. The third kappa shape index (κ3) is 3.42. The molecule has 1 aromatic carbocycles. The fourth-order valence-electron chi connectivity index (χ4n) is 1.64. The molecule has 1 aromatic heterocycles. The molecule has 0 atom stereocenters. The summed E-state index contributed by atoms with van der Waals surface area (Å²) < 4.78 is 5.37. The van der Waals surface area contributed by atoms with Gasteiger partial charge in [-0.3, -0.25) is 4.79 Å². The number of hydrogen-bond donors (Lipinski definition) is 2. The van der Waals surface area contributed by atoms with E-state index < -0.39 is 0 Å². The first kappa shape index (κ1) is 13.3. The maximum atomic E-state index is 11.9. The summed E-state index contributed by atoms with van der Waals surface area (Å²) in [6, 6.07) is 10.5. The predicted octanol–water partition coefficient (Wildman–Crippen LogP) is 2.15. The van der Waals surface area contributed by atoms with Gasteiger partial charge in [-0.25, -0.2) is 0 Å². The Morgan fingerprint density at radius 3 is 2.37 bits per heavy atom. The lowest BCUT2D eigenvalue weighted by molar-refractivity contribution is 0.0948. The number of benzene rings is 1. The lowest BCUT2D eigenvalue weighted by atomic mass is 10.1. The second-order valence-electron chi connectivity index (χ2n) is 4.14. The molecule has 3 N–H and O–H groups in total. The first-order valence-electron chi connectivity index (χ1n) is 5.79. The number of aryl methyl sites for hydroxylation is 1. The Morgan fingerprint density at radius 2 is 1.84 bits per heavy atom. The number of furan rings is 1. The predicted molar refractivity (Wildman–Crippen MR) is 76.9 cm³/mol. The lowest BCUT2D eigenvalue weighted by Crippen LogP contribution is -2.22. The molecule has 0 aliphatic rings. The Morgan fingerprint density at radius 1 is 1.21 bits per heavy atom. The molecular formula is C14H14N2O2S. The van der Waals surface area contributed by atoms with Crippen LogP contribution < -0.4 is 11.1 Å². The number of nitrogens with one attached hydrogen (secondary N) is 1. The van der Waals surface area contributed by atoms with E-state index in [1.165, 1.54) is 0 Å². The van der Waals surface area contributed by atoms with Gasteiger partial charge in [0.25, 0.3) is 5.91 Å². The summed E-state index contributed by atoms with van der Waals surface area (Å²) in [4.78, 5) is 12.2. The monoisotopic (exact) mass is 274 g/mol. The summed E-state index contributed by atoms with van der Waals surface area (Å²) >= 11 is 4.85. The molecule has 0 aliphatic carbocycles. The molecule has 98 valence electrons. The molecule has 2 rings (SSSR count). The van der Waals surface area contributed by atoms with E-state index in [1.54, 1.807) is 24.3 Å². The first-order valence-corrected chi connectivity index (χ1v) is 6.20. The third-order valence-electron chi connectivity index (χ3n) is 2.65. The SMILES string of the molecule is Cc1ccc(CNC(=O)c2ccc(C(N)=S)cc2)o1. The number of hydrogen-bond acceptors (Lipinski definition) is 3. The molecule has 0 spiro atoms. The molecule has 0 bridgehead atoms. The minimum Gasteiger partial charge on any atom is -0.465 e. The lowest BCUT2D eigenvalue weighted by Gasteiger charge is -2.04. The number of carbonyl (C=O) groups is 1. The quantitative estimate of drug-likeness (QED) is 0.838. The van der Waals surface area contributed by atoms with Crippen molar-refractivity contribution < 1.29 is 9.21 Å². The highest BCUT2D eigenvalue weighted by atomic mass is 32.1. The molecule has 4 nitrogen and oxygen atoms in total. The van der Waals surface area contributed by atoms with Crippen molar-refractivity contribution >= 4 is 23.1 Å². The second kappa shape index (κ2) is 5.67. The van der Waals surface area contributed by atoms with Gasteiger partial charge in [-0.05, 0) is 31.2 Å². The highest BCUT2D eigenvalue weighted by Gasteiger charge is 2.07. The second-order valence-corrected chi connectivity index (χ2v) is 4.58. The number of carbonyl (C=O) groups excluding carboxylic acids is 1. The van der Waals surface area contributed by atoms with Gasteiger partial charge in [-0.1, -0.05) is 24.4 Å². The molecule has 1 heterocycles. The van der Waals surface area contributed by atoms with Gasteiger partial charge < -0.3 is 15.5 Å². The van der Waals surface area contributed by atoms with Gasteiger partial charge in [0.15, 0.2) is 0 Å². The molecular weight excluding hydrogens is 260 g/mol. The standard InChI is InChI=1S/C14H14N2O2S/c1-9-2-7-12(18-9)8-16-14(17)11-5-3-10(4-6-11)13(15)19/h2-7H,8H2,1H3,(H2,15,19)(H,16,17). The Labute approximate surface area is 116 Å². The van der Waals surface area contributed by atoms with Crippen LogP contribution in [-0.2, 0) is 6.54 Å². The zero-order valence-electron chi connectivity index (χ0n) is 10.5. The van der Waals surface area contributed by atoms with Crippen LogP contribution in [0.4, 0.5) is 0 Å². The van der Waals surface area contributed by atoms with E-state index in [0.29, 0.717) is 17.1 Å². The van der Waals surface area contributed by atoms with E-state index in [4.69, 9.17) is 22.4 Å². The van der Waals surface area contributed by atoms with Gasteiger partial charge in [0.05, 0.1) is 6.54 Å². The van der Waals surface area contributed by atoms with Gasteiger partial charge >= 0.3 is 0 Å². The van der Waals surface area contributed by atoms with Crippen molar-refractivity contribution in [2.75, 3.05) is 0 Å². The molecule has 0 radical (unpaired) electrons. The maximum absolute atomic E-state index is 11.9. The van der Waals surface area contributed by atoms with Gasteiger partial charge in [-0.15, -0.1) is 0 Å². The zero-order valence-corrected chi connectivity index (χ0v) is 11.3. The van der Waals surface area contributed by atoms with Crippen molar-refractivity contribution in [1.29, 1.82) is 0 Å². The van der Waals surface area contributed by atoms with Crippen LogP contribution in [0.3, 0.4) is 0 Å². The minimum atomic E-state index is -0.163. The normalized spacial score (nSPS) is 10.2. The van der Waals surface area contributed by atoms with E-state index >= 15 is 0 Å². The van der Waals surface area contributed by atoms with Crippen LogP contribution in [0.15, 0.2) is 40.8 Å². The summed E-state index contributed by atoms with van der Waals surface area (Å²) in [7, 11) is 0. The fourth-order valence-corrected chi connectivity index (χ4v) is 1.77. The molecule has 0 saturated carbocycles. The largest absolute Gasteiger partial charge is 0.465 e. The van der Waals surface area contributed by atoms with Crippen molar-refractivity contribution in [2.24, 2.45) is 5.73 Å². The summed E-state index contributed by atoms with van der Waals surface area (Å²) in [5, 5.41) is 2.78. The van der Waals surface area contributed by atoms with Gasteiger partial charge in [-0.2, -0.15) is 0 Å². The van der Waals surface area contributed by atoms with Crippen LogP contribution in [0.1, 0.15) is 27.4 Å². The van der Waals surface area contributed by atoms with E-state index in [-0.39, 0.29) is 5.91 Å². The average molecular weight is 274 g/mol. The zero-order chi connectivity index (χ0) is 13.8. The molecule has 0 fully saturated rings. The topological polar surface area (TPSA) is 68.3 Å². The van der Waals surface area contributed by atoms with Crippen LogP contribution >= 0.6 is 12.2 Å². The minimum absolute atomic E-state index is 0.163. The summed E-state index contributed by atoms with van der Waals surface area (Å²) in [6.07, 6.45) is 0. The molecule has 19 heavy (non-hydrogen) atoms. The van der Waals surface area contributed by atoms with E-state index in [2.05, 4.69) is 5.32 Å². The van der Waals surface area contributed by atoms with Crippen molar-refractivity contribution in [1.82, 2.24) is 5.32 Å². The van der Waals surface area contributed by atoms with Crippen LogP contribution in [-0.4, -0.2) is 10.9 Å². The van der Waals surface area contributed by atoms with Crippen molar-refractivity contribution in [3.05, 3.63) is 59.0 Å². The smallest absolute Gasteiger partial charge is 0.251 e. The van der Waals surface area contributed by atoms with Crippen molar-refractivity contribution in [2.45, 2.75) is 13.5 Å². The van der Waals surface area contributed by atoms with Crippen molar-refractivity contribution in [3.8, 4) is 0 Å². The summed E-state index contributed by atoms with van der Waals surface area (Å²) in [5.74, 6) is 1.39. The molecule has 2 aromatic rings. The summed E-state index contributed by atoms with van der Waals surface area (Å²) in [6.45, 7) is 2.23.